The van der Waals surface area contributed by atoms with Crippen molar-refractivity contribution in [1.82, 2.24) is 19.2 Å². The summed E-state index contributed by atoms with van der Waals surface area (Å²) in [4.78, 5) is 15.3. The Labute approximate surface area is 160 Å². The minimum Gasteiger partial charge on any atom is -0.302 e. The van der Waals surface area contributed by atoms with Crippen LogP contribution in [0, 0.1) is 0 Å². The average molecular weight is 373 g/mol. The van der Waals surface area contributed by atoms with Gasteiger partial charge in [0.15, 0.2) is 5.82 Å². The van der Waals surface area contributed by atoms with Gasteiger partial charge in [-0.2, -0.15) is 4.68 Å². The van der Waals surface area contributed by atoms with E-state index >= 15 is 0 Å². The standard InChI is InChI=1S/C20H24N4O.ClH/c1-3-22(4-2)15-16-23-19(17-11-7-5-8-12-17)21-24(20(23)25)18-13-9-6-10-14-18;/h5-14H,3-4,15-16H2,1-2H3;1H. The molecule has 0 aliphatic heterocycles. The van der Waals surface area contributed by atoms with E-state index < -0.39 is 0 Å². The third kappa shape index (κ3) is 4.23. The molecular formula is C20H25ClN4O. The summed E-state index contributed by atoms with van der Waals surface area (Å²) in [7, 11) is 0. The van der Waals surface area contributed by atoms with Crippen molar-refractivity contribution in [1.29, 1.82) is 0 Å². The Morgan fingerprint density at radius 2 is 1.50 bits per heavy atom. The summed E-state index contributed by atoms with van der Waals surface area (Å²) in [6.45, 7) is 7.66. The van der Waals surface area contributed by atoms with E-state index in [4.69, 9.17) is 0 Å². The van der Waals surface area contributed by atoms with E-state index in [9.17, 15) is 4.79 Å². The van der Waals surface area contributed by atoms with Crippen LogP contribution in [-0.4, -0.2) is 38.9 Å². The lowest BCUT2D eigenvalue weighted by atomic mass is 10.2. The quantitative estimate of drug-likeness (QED) is 0.637. The van der Waals surface area contributed by atoms with Gasteiger partial charge in [0.1, 0.15) is 0 Å². The molecule has 138 valence electrons. The number of para-hydroxylation sites is 1. The van der Waals surface area contributed by atoms with E-state index in [0.717, 1.165) is 30.9 Å². The smallest absolute Gasteiger partial charge is 0.302 e. The van der Waals surface area contributed by atoms with Crippen molar-refractivity contribution in [2.45, 2.75) is 20.4 Å². The summed E-state index contributed by atoms with van der Waals surface area (Å²) in [6, 6.07) is 19.5. The molecule has 0 aliphatic carbocycles. The zero-order chi connectivity index (χ0) is 17.6. The van der Waals surface area contributed by atoms with Crippen molar-refractivity contribution < 1.29 is 0 Å². The van der Waals surface area contributed by atoms with Crippen LogP contribution in [0.4, 0.5) is 0 Å². The van der Waals surface area contributed by atoms with Gasteiger partial charge in [-0.1, -0.05) is 62.4 Å². The number of hydrogen-bond acceptors (Lipinski definition) is 3. The Morgan fingerprint density at radius 1 is 0.923 bits per heavy atom. The summed E-state index contributed by atoms with van der Waals surface area (Å²) in [5, 5.41) is 4.63. The highest BCUT2D eigenvalue weighted by Crippen LogP contribution is 2.16. The molecular weight excluding hydrogens is 348 g/mol. The molecule has 0 unspecified atom stereocenters. The molecule has 0 saturated carbocycles. The average Bonchev–Trinajstić information content (AvgIpc) is 3.00. The predicted molar refractivity (Wildman–Crippen MR) is 108 cm³/mol. The summed E-state index contributed by atoms with van der Waals surface area (Å²) < 4.78 is 3.27. The van der Waals surface area contributed by atoms with Crippen LogP contribution >= 0.6 is 12.4 Å². The lowest BCUT2D eigenvalue weighted by molar-refractivity contribution is 0.289. The number of rotatable bonds is 7. The molecule has 0 amide bonds. The molecule has 26 heavy (non-hydrogen) atoms. The molecule has 2 aromatic carbocycles. The Bertz CT molecular complexity index is 855. The number of hydrogen-bond donors (Lipinski definition) is 0. The normalized spacial score (nSPS) is 10.7. The van der Waals surface area contributed by atoms with Crippen LogP contribution in [0.25, 0.3) is 17.1 Å². The maximum atomic E-state index is 13.0. The number of halogens is 1. The van der Waals surface area contributed by atoms with Crippen molar-refractivity contribution >= 4 is 12.4 Å². The fourth-order valence-corrected chi connectivity index (χ4v) is 2.92. The highest BCUT2D eigenvalue weighted by molar-refractivity contribution is 5.85. The van der Waals surface area contributed by atoms with E-state index in [1.807, 2.05) is 60.7 Å². The largest absolute Gasteiger partial charge is 0.351 e. The van der Waals surface area contributed by atoms with Gasteiger partial charge in [0, 0.05) is 18.7 Å². The first kappa shape index (κ1) is 19.9. The summed E-state index contributed by atoms with van der Waals surface area (Å²) in [5.41, 5.74) is 1.64. The van der Waals surface area contributed by atoms with Crippen LogP contribution in [-0.2, 0) is 6.54 Å². The van der Waals surface area contributed by atoms with E-state index in [2.05, 4.69) is 23.8 Å². The number of likely N-dealkylation sites (N-methyl/N-ethyl adjacent to an activating group) is 1. The lowest BCUT2D eigenvalue weighted by Crippen LogP contribution is -2.31. The molecule has 0 bridgehead atoms. The summed E-state index contributed by atoms with van der Waals surface area (Å²) in [6.07, 6.45) is 0. The van der Waals surface area contributed by atoms with Crippen LogP contribution in [0.1, 0.15) is 13.8 Å². The number of benzene rings is 2. The van der Waals surface area contributed by atoms with Gasteiger partial charge in [0.05, 0.1) is 5.69 Å². The predicted octanol–water partition coefficient (Wildman–Crippen LogP) is 3.46. The monoisotopic (exact) mass is 372 g/mol. The topological polar surface area (TPSA) is 43.1 Å². The van der Waals surface area contributed by atoms with Crippen molar-refractivity contribution in [2.24, 2.45) is 0 Å². The van der Waals surface area contributed by atoms with Crippen LogP contribution in [0.3, 0.4) is 0 Å². The van der Waals surface area contributed by atoms with Gasteiger partial charge in [-0.05, 0) is 25.2 Å². The van der Waals surface area contributed by atoms with E-state index in [1.165, 1.54) is 4.68 Å². The summed E-state index contributed by atoms with van der Waals surface area (Å²) >= 11 is 0. The Hall–Kier alpha value is -2.37. The van der Waals surface area contributed by atoms with Crippen LogP contribution < -0.4 is 5.69 Å². The fourth-order valence-electron chi connectivity index (χ4n) is 2.92. The van der Waals surface area contributed by atoms with Gasteiger partial charge in [0.2, 0.25) is 0 Å². The Balaban J connectivity index is 0.00000243. The van der Waals surface area contributed by atoms with Gasteiger partial charge in [-0.3, -0.25) is 4.57 Å². The number of nitrogens with zero attached hydrogens (tertiary/aromatic N) is 4. The fraction of sp³-hybridized carbons (Fsp3) is 0.300. The second kappa shape index (κ2) is 9.36. The molecule has 6 heteroatoms. The second-order valence-corrected chi connectivity index (χ2v) is 5.90. The molecule has 1 heterocycles. The van der Waals surface area contributed by atoms with Gasteiger partial charge in [-0.25, -0.2) is 4.79 Å². The Morgan fingerprint density at radius 3 is 2.08 bits per heavy atom. The highest BCUT2D eigenvalue weighted by Gasteiger charge is 2.16. The first-order valence-electron chi connectivity index (χ1n) is 8.77. The molecule has 0 atom stereocenters. The van der Waals surface area contributed by atoms with E-state index in [1.54, 1.807) is 4.57 Å². The maximum absolute atomic E-state index is 13.0. The third-order valence-electron chi connectivity index (χ3n) is 4.43. The van der Waals surface area contributed by atoms with Crippen LogP contribution in [0.2, 0.25) is 0 Å². The van der Waals surface area contributed by atoms with Crippen molar-refractivity contribution in [3.8, 4) is 17.1 Å². The van der Waals surface area contributed by atoms with Crippen LogP contribution in [0.15, 0.2) is 65.5 Å². The number of aromatic nitrogens is 3. The molecule has 0 saturated heterocycles. The minimum absolute atomic E-state index is 0. The molecule has 0 aliphatic rings. The van der Waals surface area contributed by atoms with Crippen molar-refractivity contribution in [3.05, 3.63) is 71.1 Å². The summed E-state index contributed by atoms with van der Waals surface area (Å²) in [5.74, 6) is 0.710. The van der Waals surface area contributed by atoms with Gasteiger partial charge in [-0.15, -0.1) is 17.5 Å². The van der Waals surface area contributed by atoms with Crippen molar-refractivity contribution in [3.63, 3.8) is 0 Å². The van der Waals surface area contributed by atoms with Gasteiger partial charge in [0.25, 0.3) is 0 Å². The SMILES string of the molecule is CCN(CC)CCn1c(-c2ccccc2)nn(-c2ccccc2)c1=O.Cl. The van der Waals surface area contributed by atoms with Crippen molar-refractivity contribution in [2.75, 3.05) is 19.6 Å². The third-order valence-corrected chi connectivity index (χ3v) is 4.43. The molecule has 5 nitrogen and oxygen atoms in total. The molecule has 1 aromatic heterocycles. The van der Waals surface area contributed by atoms with E-state index in [0.29, 0.717) is 12.4 Å². The molecule has 3 aromatic rings. The first-order chi connectivity index (χ1) is 12.2. The zero-order valence-electron chi connectivity index (χ0n) is 15.2. The van der Waals surface area contributed by atoms with Gasteiger partial charge >= 0.3 is 5.69 Å². The Kier molecular flexibility index (Phi) is 7.18. The second-order valence-electron chi connectivity index (χ2n) is 5.90. The molecule has 0 radical (unpaired) electrons. The molecule has 3 rings (SSSR count). The maximum Gasteiger partial charge on any atom is 0.351 e. The lowest BCUT2D eigenvalue weighted by Gasteiger charge is -2.18. The van der Waals surface area contributed by atoms with Crippen LogP contribution in [0.5, 0.6) is 0 Å². The van der Waals surface area contributed by atoms with Gasteiger partial charge < -0.3 is 4.90 Å². The highest BCUT2D eigenvalue weighted by atomic mass is 35.5. The zero-order valence-corrected chi connectivity index (χ0v) is 16.0. The minimum atomic E-state index is -0.0998. The molecule has 0 fully saturated rings. The van der Waals surface area contributed by atoms with E-state index in [-0.39, 0.29) is 18.1 Å². The molecule has 0 spiro atoms. The molecule has 0 N–H and O–H groups in total. The first-order valence-corrected chi connectivity index (χ1v) is 8.77.